The Kier molecular flexibility index (Phi) is 6.17. The Bertz CT molecular complexity index is 1550. The minimum atomic E-state index is -0.886. The highest BCUT2D eigenvalue weighted by molar-refractivity contribution is 6.46. The molecule has 188 valence electrons. The van der Waals surface area contributed by atoms with Crippen molar-refractivity contribution in [3.05, 3.63) is 101 Å². The van der Waals surface area contributed by atoms with Crippen LogP contribution in [0.15, 0.2) is 72.4 Å². The second-order valence-corrected chi connectivity index (χ2v) is 9.09. The highest BCUT2D eigenvalue weighted by Gasteiger charge is 2.46. The summed E-state index contributed by atoms with van der Waals surface area (Å²) >= 11 is 0. The lowest BCUT2D eigenvalue weighted by atomic mass is 9.95. The van der Waals surface area contributed by atoms with Crippen LogP contribution in [0, 0.1) is 13.8 Å². The molecule has 1 aliphatic heterocycles. The first kappa shape index (κ1) is 24.1. The van der Waals surface area contributed by atoms with E-state index in [1.807, 2.05) is 60.0 Å². The van der Waals surface area contributed by atoms with Gasteiger partial charge in [-0.05, 0) is 55.2 Å². The highest BCUT2D eigenvalue weighted by Crippen LogP contribution is 2.42. The molecule has 1 unspecified atom stereocenters. The maximum Gasteiger partial charge on any atom is 0.295 e. The van der Waals surface area contributed by atoms with Crippen LogP contribution in [-0.2, 0) is 16.0 Å². The summed E-state index contributed by atoms with van der Waals surface area (Å²) in [7, 11) is 1.42. The molecule has 8 heteroatoms. The summed E-state index contributed by atoms with van der Waals surface area (Å²) in [5.41, 5.74) is 3.95. The van der Waals surface area contributed by atoms with Crippen LogP contribution >= 0.6 is 0 Å². The van der Waals surface area contributed by atoms with E-state index in [0.29, 0.717) is 23.3 Å². The minimum Gasteiger partial charge on any atom is -0.505 e. The number of carbonyl (C=O) groups is 2. The van der Waals surface area contributed by atoms with Gasteiger partial charge in [-0.15, -0.1) is 0 Å². The number of aliphatic hydroxyl groups excluding tert-OH is 1. The summed E-state index contributed by atoms with van der Waals surface area (Å²) in [5, 5.41) is 21.7. The first-order valence-corrected chi connectivity index (χ1v) is 12.0. The highest BCUT2D eigenvalue weighted by atomic mass is 16.5. The molecule has 3 heterocycles. The Labute approximate surface area is 214 Å². The Morgan fingerprint density at radius 1 is 1.05 bits per heavy atom. The molecule has 1 fully saturated rings. The van der Waals surface area contributed by atoms with Gasteiger partial charge in [-0.1, -0.05) is 42.5 Å². The molecule has 37 heavy (non-hydrogen) atoms. The number of phenolic OH excluding ortho intramolecular Hbond substituents is 1. The molecule has 1 saturated heterocycles. The van der Waals surface area contributed by atoms with Gasteiger partial charge in [0.25, 0.3) is 11.7 Å². The Morgan fingerprint density at radius 3 is 2.51 bits per heavy atom. The molecule has 5 rings (SSSR count). The van der Waals surface area contributed by atoms with E-state index >= 15 is 0 Å². The molecule has 0 saturated carbocycles. The maximum absolute atomic E-state index is 13.4. The summed E-state index contributed by atoms with van der Waals surface area (Å²) in [4.78, 5) is 32.8. The number of aliphatic hydroxyl groups is 1. The average Bonchev–Trinajstić information content (AvgIpc) is 3.38. The lowest BCUT2D eigenvalue weighted by Gasteiger charge is -2.25. The molecule has 0 bridgehead atoms. The number of aromatic hydroxyl groups is 1. The number of aromatic nitrogens is 2. The van der Waals surface area contributed by atoms with Gasteiger partial charge in [0, 0.05) is 12.7 Å². The number of amides is 1. The van der Waals surface area contributed by atoms with Crippen LogP contribution in [0.2, 0.25) is 0 Å². The van der Waals surface area contributed by atoms with Crippen molar-refractivity contribution in [2.45, 2.75) is 26.3 Å². The lowest BCUT2D eigenvalue weighted by Crippen LogP contribution is -2.31. The molecule has 2 N–H and O–H groups in total. The van der Waals surface area contributed by atoms with E-state index in [9.17, 15) is 19.8 Å². The third kappa shape index (κ3) is 4.10. The largest absolute Gasteiger partial charge is 0.505 e. The van der Waals surface area contributed by atoms with Crippen molar-refractivity contribution >= 4 is 23.1 Å². The summed E-state index contributed by atoms with van der Waals surface area (Å²) in [6.45, 7) is 3.97. The second kappa shape index (κ2) is 9.46. The second-order valence-electron chi connectivity index (χ2n) is 9.09. The number of carbonyl (C=O) groups excluding carboxylic acids is 2. The first-order chi connectivity index (χ1) is 17.8. The van der Waals surface area contributed by atoms with Crippen LogP contribution in [0.3, 0.4) is 0 Å². The molecule has 2 aromatic carbocycles. The third-order valence-corrected chi connectivity index (χ3v) is 6.85. The van der Waals surface area contributed by atoms with Crippen molar-refractivity contribution < 1.29 is 24.5 Å². The zero-order valence-corrected chi connectivity index (χ0v) is 20.8. The van der Waals surface area contributed by atoms with Crippen molar-refractivity contribution in [3.63, 3.8) is 0 Å². The molecule has 2 aromatic heterocycles. The number of pyridine rings is 1. The van der Waals surface area contributed by atoms with Crippen molar-refractivity contribution in [2.24, 2.45) is 0 Å². The van der Waals surface area contributed by atoms with Gasteiger partial charge < -0.3 is 24.3 Å². The van der Waals surface area contributed by atoms with E-state index < -0.39 is 17.7 Å². The molecule has 1 aliphatic rings. The molecular formula is C29H27N3O5. The summed E-state index contributed by atoms with van der Waals surface area (Å²) in [6, 6.07) is 17.2. The number of likely N-dealkylation sites (tertiary alicyclic amines) is 1. The molecule has 1 atom stereocenters. The van der Waals surface area contributed by atoms with Crippen molar-refractivity contribution in [1.29, 1.82) is 0 Å². The van der Waals surface area contributed by atoms with Gasteiger partial charge in [0.05, 0.1) is 24.4 Å². The number of nitrogens with zero attached hydrogens (tertiary/aromatic N) is 3. The summed E-state index contributed by atoms with van der Waals surface area (Å²) in [6.07, 6.45) is 2.36. The number of fused-ring (bicyclic) bond motifs is 1. The Hall–Kier alpha value is -4.59. The quantitative estimate of drug-likeness (QED) is 0.233. The minimum absolute atomic E-state index is 0.0463. The SMILES string of the molecule is COc1cc(C2C(=C(O)c3nc4c(C)cccn4c3C)C(=O)C(=O)N2CCc2ccccc2)ccc1O. The molecular weight excluding hydrogens is 470 g/mol. The van der Waals surface area contributed by atoms with Crippen molar-refractivity contribution in [2.75, 3.05) is 13.7 Å². The molecule has 4 aromatic rings. The molecule has 0 aliphatic carbocycles. The van der Waals surface area contributed by atoms with E-state index in [1.165, 1.54) is 18.1 Å². The number of rotatable bonds is 6. The topological polar surface area (TPSA) is 104 Å². The summed E-state index contributed by atoms with van der Waals surface area (Å²) < 4.78 is 7.13. The number of hydrogen-bond acceptors (Lipinski definition) is 6. The maximum atomic E-state index is 13.4. The zero-order valence-electron chi connectivity index (χ0n) is 20.8. The van der Waals surface area contributed by atoms with Gasteiger partial charge in [0.2, 0.25) is 0 Å². The number of methoxy groups -OCH3 is 1. The monoisotopic (exact) mass is 497 g/mol. The van der Waals surface area contributed by atoms with E-state index in [1.54, 1.807) is 19.1 Å². The van der Waals surface area contributed by atoms with Crippen LogP contribution in [0.5, 0.6) is 11.5 Å². The van der Waals surface area contributed by atoms with Crippen LogP contribution in [0.4, 0.5) is 0 Å². The third-order valence-electron chi connectivity index (χ3n) is 6.85. The van der Waals surface area contributed by atoms with Gasteiger partial charge >= 0.3 is 0 Å². The van der Waals surface area contributed by atoms with Gasteiger partial charge in [0.1, 0.15) is 11.3 Å². The fourth-order valence-electron chi connectivity index (χ4n) is 4.89. The zero-order chi connectivity index (χ0) is 26.3. The van der Waals surface area contributed by atoms with E-state index in [-0.39, 0.29) is 35.1 Å². The lowest BCUT2D eigenvalue weighted by molar-refractivity contribution is -0.139. The molecule has 1 amide bonds. The summed E-state index contributed by atoms with van der Waals surface area (Å²) in [5.74, 6) is -1.69. The van der Waals surface area contributed by atoms with Crippen LogP contribution in [-0.4, -0.2) is 49.8 Å². The van der Waals surface area contributed by atoms with Gasteiger partial charge in [-0.3, -0.25) is 9.59 Å². The van der Waals surface area contributed by atoms with Crippen LogP contribution in [0.25, 0.3) is 11.4 Å². The Balaban J connectivity index is 1.67. The number of ether oxygens (including phenoxy) is 1. The average molecular weight is 498 g/mol. The number of aryl methyl sites for hydroxylation is 2. The van der Waals surface area contributed by atoms with Gasteiger partial charge in [0.15, 0.2) is 17.3 Å². The number of imidazole rings is 1. The predicted molar refractivity (Wildman–Crippen MR) is 138 cm³/mol. The van der Waals surface area contributed by atoms with Crippen molar-refractivity contribution in [1.82, 2.24) is 14.3 Å². The number of phenols is 1. The molecule has 8 nitrogen and oxygen atoms in total. The molecule has 0 spiro atoms. The number of Topliss-reactive ketones (excluding diaryl/α,β-unsaturated/α-hetero) is 1. The van der Waals surface area contributed by atoms with Crippen molar-refractivity contribution in [3.8, 4) is 11.5 Å². The normalized spacial score (nSPS) is 17.1. The van der Waals surface area contributed by atoms with E-state index in [4.69, 9.17) is 4.74 Å². The number of benzene rings is 2. The fourth-order valence-corrected chi connectivity index (χ4v) is 4.89. The van der Waals surface area contributed by atoms with E-state index in [2.05, 4.69) is 4.98 Å². The number of hydrogen-bond donors (Lipinski definition) is 2. The van der Waals surface area contributed by atoms with E-state index in [0.717, 1.165) is 11.1 Å². The smallest absolute Gasteiger partial charge is 0.295 e. The Morgan fingerprint density at radius 2 is 1.81 bits per heavy atom. The van der Waals surface area contributed by atoms with Gasteiger partial charge in [-0.2, -0.15) is 0 Å². The number of ketones is 1. The standard InChI is InChI=1S/C29H27N3O5/c1-17-8-7-14-31-18(2)24(30-28(17)31)26(34)23-25(20-11-12-21(33)22(16-20)37-3)32(29(36)27(23)35)15-13-19-9-5-4-6-10-19/h4-12,14,16,25,33-34H,13,15H2,1-3H3. The van der Waals surface area contributed by atoms with Crippen LogP contribution in [0.1, 0.15) is 34.1 Å². The van der Waals surface area contributed by atoms with Crippen LogP contribution < -0.4 is 4.74 Å². The first-order valence-electron chi connectivity index (χ1n) is 12.0. The van der Waals surface area contributed by atoms with Gasteiger partial charge in [-0.25, -0.2) is 4.98 Å². The fraction of sp³-hybridized carbons (Fsp3) is 0.207. The predicted octanol–water partition coefficient (Wildman–Crippen LogP) is 4.33. The molecule has 0 radical (unpaired) electrons.